The number of aromatic amines is 1. The zero-order valence-corrected chi connectivity index (χ0v) is 22.8. The van der Waals surface area contributed by atoms with Gasteiger partial charge in [-0.15, -0.1) is 0 Å². The first-order valence-electron chi connectivity index (χ1n) is 13.7. The number of carbonyl (C=O) groups is 3. The molecule has 0 aliphatic heterocycles. The topological polar surface area (TPSA) is 172 Å². The smallest absolute Gasteiger partial charge is 0.330 e. The van der Waals surface area contributed by atoms with Crippen molar-refractivity contribution in [3.05, 3.63) is 39.2 Å². The number of aromatic nitrogens is 3. The van der Waals surface area contributed by atoms with Crippen molar-refractivity contribution in [3.8, 4) is 0 Å². The third-order valence-corrected chi connectivity index (χ3v) is 6.85. The summed E-state index contributed by atoms with van der Waals surface area (Å²) in [6.07, 6.45) is 7.89. The van der Waals surface area contributed by atoms with Crippen LogP contribution in [0.4, 0.5) is 23.0 Å². The van der Waals surface area contributed by atoms with Gasteiger partial charge in [0.15, 0.2) is 5.69 Å². The van der Waals surface area contributed by atoms with Crippen LogP contribution >= 0.6 is 0 Å². The van der Waals surface area contributed by atoms with Gasteiger partial charge in [-0.25, -0.2) is 9.78 Å². The van der Waals surface area contributed by atoms with Gasteiger partial charge in [-0.2, -0.15) is 0 Å². The third-order valence-electron chi connectivity index (χ3n) is 6.85. The quantitative estimate of drug-likeness (QED) is 0.266. The molecule has 39 heavy (non-hydrogen) atoms. The third kappa shape index (κ3) is 8.01. The second-order valence-corrected chi connectivity index (χ2v) is 9.85. The van der Waals surface area contributed by atoms with Gasteiger partial charge in [0.2, 0.25) is 17.7 Å². The highest BCUT2D eigenvalue weighted by Gasteiger charge is 2.26. The molecule has 0 unspecified atom stereocenters. The van der Waals surface area contributed by atoms with Crippen LogP contribution in [0, 0.1) is 5.92 Å². The van der Waals surface area contributed by atoms with Crippen molar-refractivity contribution in [1.29, 1.82) is 0 Å². The molecule has 5 N–H and O–H groups in total. The van der Waals surface area contributed by atoms with E-state index >= 15 is 0 Å². The summed E-state index contributed by atoms with van der Waals surface area (Å²) in [6, 6.07) is 3.23. The van der Waals surface area contributed by atoms with Gasteiger partial charge in [0.1, 0.15) is 11.6 Å². The average molecular weight is 542 g/mol. The van der Waals surface area contributed by atoms with Crippen molar-refractivity contribution < 1.29 is 14.4 Å². The zero-order chi connectivity index (χ0) is 28.4. The molecule has 3 amide bonds. The zero-order valence-electron chi connectivity index (χ0n) is 22.8. The van der Waals surface area contributed by atoms with Gasteiger partial charge in [0.05, 0.1) is 11.9 Å². The van der Waals surface area contributed by atoms with Crippen LogP contribution in [-0.2, 0) is 20.9 Å². The lowest BCUT2D eigenvalue weighted by atomic mass is 9.85. The van der Waals surface area contributed by atoms with Crippen LogP contribution < -0.4 is 32.5 Å². The molecule has 1 aliphatic carbocycles. The second kappa shape index (κ2) is 14.3. The fourth-order valence-electron chi connectivity index (χ4n) is 4.27. The highest BCUT2D eigenvalue weighted by molar-refractivity contribution is 5.99. The summed E-state index contributed by atoms with van der Waals surface area (Å²) >= 11 is 0. The number of amides is 3. The number of hydrogen-bond donors (Lipinski definition) is 4. The molecule has 0 spiro atoms. The van der Waals surface area contributed by atoms with E-state index in [1.54, 1.807) is 12.1 Å². The molecule has 2 aromatic heterocycles. The maximum Gasteiger partial charge on any atom is 0.330 e. The number of nitrogen functional groups attached to an aromatic ring is 1. The number of hydrogen-bond acceptors (Lipinski definition) is 7. The average Bonchev–Trinajstić information content (AvgIpc) is 2.86. The molecule has 0 atom stereocenters. The number of pyridine rings is 1. The summed E-state index contributed by atoms with van der Waals surface area (Å²) < 4.78 is 1.27. The summed E-state index contributed by atoms with van der Waals surface area (Å²) in [4.78, 5) is 70.7. The normalized spacial score (nSPS) is 13.0. The Hall–Kier alpha value is -3.96. The molecule has 12 heteroatoms. The molecule has 1 fully saturated rings. The number of anilines is 4. The number of nitrogens with one attached hydrogen (secondary N) is 3. The van der Waals surface area contributed by atoms with E-state index in [4.69, 9.17) is 5.73 Å². The minimum Gasteiger partial charge on any atom is -0.383 e. The first-order valence-corrected chi connectivity index (χ1v) is 13.7. The fourth-order valence-corrected chi connectivity index (χ4v) is 4.27. The Kier molecular flexibility index (Phi) is 10.8. The molecule has 2 heterocycles. The largest absolute Gasteiger partial charge is 0.383 e. The molecular weight excluding hydrogens is 502 g/mol. The first kappa shape index (κ1) is 29.6. The van der Waals surface area contributed by atoms with Gasteiger partial charge >= 0.3 is 5.69 Å². The van der Waals surface area contributed by atoms with Gasteiger partial charge in [0, 0.05) is 31.8 Å². The maximum atomic E-state index is 13.2. The number of unbranched alkanes of at least 4 members (excludes halogenated alkanes) is 3. The van der Waals surface area contributed by atoms with Crippen molar-refractivity contribution in [1.82, 2.24) is 14.5 Å². The van der Waals surface area contributed by atoms with Crippen molar-refractivity contribution in [2.45, 2.75) is 84.6 Å². The van der Waals surface area contributed by atoms with Crippen LogP contribution in [0.3, 0.4) is 0 Å². The summed E-state index contributed by atoms with van der Waals surface area (Å²) in [5.74, 6) is -0.611. The molecule has 2 aromatic rings. The standard InChI is InChI=1S/C27H39N7O5/c1-3-5-7-16-33(23-24(28)34(15-6-4-2)27(39)32-26(23)38)22(36)14-13-21(35)31-20-12-11-19(17-29-20)30-25(37)18-9-8-10-18/h11-12,17-18H,3-10,13-16,28H2,1-2H3,(H,30,37)(H,29,31,35)(H,32,38,39). The maximum absolute atomic E-state index is 13.2. The lowest BCUT2D eigenvalue weighted by Crippen LogP contribution is -2.41. The Bertz CT molecular complexity index is 1260. The molecule has 12 nitrogen and oxygen atoms in total. The van der Waals surface area contributed by atoms with Crippen LogP contribution in [-0.4, -0.2) is 38.8 Å². The van der Waals surface area contributed by atoms with Gasteiger partial charge in [-0.05, 0) is 37.8 Å². The molecule has 3 rings (SSSR count). The monoisotopic (exact) mass is 541 g/mol. The summed E-state index contributed by atoms with van der Waals surface area (Å²) in [5, 5.41) is 5.46. The van der Waals surface area contributed by atoms with Crippen LogP contribution in [0.2, 0.25) is 0 Å². The Morgan fingerprint density at radius 2 is 1.82 bits per heavy atom. The van der Waals surface area contributed by atoms with E-state index in [-0.39, 0.29) is 48.5 Å². The molecule has 0 aromatic carbocycles. The number of carbonyl (C=O) groups excluding carboxylic acids is 3. The van der Waals surface area contributed by atoms with Crippen LogP contribution in [0.15, 0.2) is 27.9 Å². The number of nitrogens with zero attached hydrogens (tertiary/aromatic N) is 3. The summed E-state index contributed by atoms with van der Waals surface area (Å²) in [7, 11) is 0. The fraction of sp³-hybridized carbons (Fsp3) is 0.556. The minimum absolute atomic E-state index is 0.0258. The van der Waals surface area contributed by atoms with Crippen molar-refractivity contribution >= 4 is 40.7 Å². The predicted molar refractivity (Wildman–Crippen MR) is 151 cm³/mol. The van der Waals surface area contributed by atoms with Crippen molar-refractivity contribution in [2.75, 3.05) is 27.8 Å². The lowest BCUT2D eigenvalue weighted by Gasteiger charge is -2.24. The second-order valence-electron chi connectivity index (χ2n) is 9.85. The number of rotatable bonds is 14. The molecular formula is C27H39N7O5. The molecule has 0 radical (unpaired) electrons. The Labute approximate surface area is 227 Å². The number of H-pyrrole nitrogens is 1. The molecule has 1 saturated carbocycles. The van der Waals surface area contributed by atoms with Gasteiger partial charge in [0.25, 0.3) is 5.56 Å². The Morgan fingerprint density at radius 3 is 2.44 bits per heavy atom. The van der Waals surface area contributed by atoms with Crippen LogP contribution in [0.25, 0.3) is 0 Å². The van der Waals surface area contributed by atoms with E-state index < -0.39 is 23.1 Å². The lowest BCUT2D eigenvalue weighted by molar-refractivity contribution is -0.122. The van der Waals surface area contributed by atoms with E-state index in [0.717, 1.165) is 38.5 Å². The van der Waals surface area contributed by atoms with Crippen molar-refractivity contribution in [3.63, 3.8) is 0 Å². The Morgan fingerprint density at radius 1 is 1.08 bits per heavy atom. The van der Waals surface area contributed by atoms with Gasteiger partial charge in [-0.1, -0.05) is 39.5 Å². The van der Waals surface area contributed by atoms with E-state index in [1.165, 1.54) is 15.7 Å². The summed E-state index contributed by atoms with van der Waals surface area (Å²) in [6.45, 7) is 4.55. The summed E-state index contributed by atoms with van der Waals surface area (Å²) in [5.41, 5.74) is 5.37. The molecule has 1 aliphatic rings. The van der Waals surface area contributed by atoms with Gasteiger partial charge in [-0.3, -0.25) is 28.7 Å². The van der Waals surface area contributed by atoms with Crippen LogP contribution in [0.1, 0.15) is 78.1 Å². The molecule has 0 bridgehead atoms. The highest BCUT2D eigenvalue weighted by atomic mass is 16.2. The van der Waals surface area contributed by atoms with E-state index in [9.17, 15) is 24.0 Å². The first-order chi connectivity index (χ1) is 18.7. The van der Waals surface area contributed by atoms with E-state index in [0.29, 0.717) is 25.1 Å². The Balaban J connectivity index is 1.65. The van der Waals surface area contributed by atoms with Gasteiger partial charge < -0.3 is 21.3 Å². The van der Waals surface area contributed by atoms with E-state index in [2.05, 4.69) is 20.6 Å². The van der Waals surface area contributed by atoms with Crippen molar-refractivity contribution in [2.24, 2.45) is 5.92 Å². The van der Waals surface area contributed by atoms with E-state index in [1.807, 2.05) is 13.8 Å². The highest BCUT2D eigenvalue weighted by Crippen LogP contribution is 2.27. The number of nitrogens with two attached hydrogens (primary N) is 1. The van der Waals surface area contributed by atoms with Crippen LogP contribution in [0.5, 0.6) is 0 Å². The molecule has 212 valence electrons. The SMILES string of the molecule is CCCCCN(C(=O)CCC(=O)Nc1ccc(NC(=O)C2CCC2)cn1)c1c(N)n(CCCC)c(=O)[nH]c1=O. The minimum atomic E-state index is -0.728. The predicted octanol–water partition coefficient (Wildman–Crippen LogP) is 2.99. The molecule has 0 saturated heterocycles.